The lowest BCUT2D eigenvalue weighted by molar-refractivity contribution is -0.138. The van der Waals surface area contributed by atoms with Gasteiger partial charge in [0.1, 0.15) is 0 Å². The third kappa shape index (κ3) is 8.18. The van der Waals surface area contributed by atoms with E-state index in [0.29, 0.717) is 19.8 Å². The smallest absolute Gasteiger partial charge is 0.158 e. The highest BCUT2D eigenvalue weighted by molar-refractivity contribution is 4.50. The Morgan fingerprint density at radius 2 is 1.77 bits per heavy atom. The zero-order chi connectivity index (χ0) is 9.94. The second kappa shape index (κ2) is 9.92. The first-order chi connectivity index (χ1) is 6.35. The second-order valence-corrected chi connectivity index (χ2v) is 2.60. The van der Waals surface area contributed by atoms with Gasteiger partial charge >= 0.3 is 0 Å². The van der Waals surface area contributed by atoms with Crippen molar-refractivity contribution in [2.24, 2.45) is 0 Å². The van der Waals surface area contributed by atoms with Crippen LogP contribution >= 0.6 is 0 Å². The normalized spacial score (nSPS) is 11.1. The lowest BCUT2D eigenvalue weighted by atomic mass is 10.4. The Kier molecular flexibility index (Phi) is 9.80. The minimum Gasteiger partial charge on any atom is -0.395 e. The molecule has 0 aliphatic rings. The quantitative estimate of drug-likeness (QED) is 0.408. The molecular weight excluding hydrogens is 170 g/mol. The van der Waals surface area contributed by atoms with E-state index in [1.54, 1.807) is 0 Å². The van der Waals surface area contributed by atoms with Crippen LogP contribution in [0.2, 0.25) is 0 Å². The molecule has 4 heteroatoms. The average Bonchev–Trinajstić information content (AvgIpc) is 2.13. The molecule has 13 heavy (non-hydrogen) atoms. The summed E-state index contributed by atoms with van der Waals surface area (Å²) in [7, 11) is 0. The molecule has 2 N–H and O–H groups in total. The number of rotatable bonds is 9. The van der Waals surface area contributed by atoms with Crippen molar-refractivity contribution >= 4 is 0 Å². The highest BCUT2D eigenvalue weighted by atomic mass is 16.7. The predicted molar refractivity (Wildman–Crippen MR) is 51.6 cm³/mol. The Morgan fingerprint density at radius 3 is 2.23 bits per heavy atom. The molecule has 0 amide bonds. The molecular formula is C9H21NO3. The van der Waals surface area contributed by atoms with Gasteiger partial charge in [0.05, 0.1) is 6.61 Å². The predicted octanol–water partition coefficient (Wildman–Crippen LogP) is 0.357. The molecule has 80 valence electrons. The Hall–Kier alpha value is -0.160. The van der Waals surface area contributed by atoms with Crippen molar-refractivity contribution in [2.75, 3.05) is 32.9 Å². The first-order valence-corrected chi connectivity index (χ1v) is 4.89. The molecule has 0 aromatic heterocycles. The third-order valence-electron chi connectivity index (χ3n) is 1.55. The maximum Gasteiger partial charge on any atom is 0.158 e. The van der Waals surface area contributed by atoms with Gasteiger partial charge in [0.25, 0.3) is 0 Å². The summed E-state index contributed by atoms with van der Waals surface area (Å²) in [5.41, 5.74) is 0. The van der Waals surface area contributed by atoms with Crippen molar-refractivity contribution in [1.29, 1.82) is 0 Å². The van der Waals surface area contributed by atoms with Crippen LogP contribution in [0, 0.1) is 0 Å². The number of aliphatic hydroxyl groups is 1. The fourth-order valence-corrected chi connectivity index (χ4v) is 1.01. The van der Waals surface area contributed by atoms with Gasteiger partial charge in [0, 0.05) is 32.7 Å². The molecule has 0 radical (unpaired) electrons. The molecule has 4 nitrogen and oxygen atoms in total. The number of nitrogens with one attached hydrogen (secondary N) is 1. The summed E-state index contributed by atoms with van der Waals surface area (Å²) in [6.45, 7) is 6.86. The van der Waals surface area contributed by atoms with E-state index in [2.05, 4.69) is 5.32 Å². The number of aliphatic hydroxyl groups excluding tert-OH is 1. The van der Waals surface area contributed by atoms with Gasteiger partial charge in [-0.2, -0.15) is 0 Å². The van der Waals surface area contributed by atoms with Gasteiger partial charge in [-0.1, -0.05) is 0 Å². The summed E-state index contributed by atoms with van der Waals surface area (Å²) in [4.78, 5) is 0. The van der Waals surface area contributed by atoms with Crippen molar-refractivity contribution in [1.82, 2.24) is 5.32 Å². The number of hydrogen-bond donors (Lipinski definition) is 2. The highest BCUT2D eigenvalue weighted by Gasteiger charge is 2.05. The standard InChI is InChI=1S/C9H21NO3/c1-3-12-9(13-4-2)5-6-10-7-8-11/h9-11H,3-8H2,1-2H3. The van der Waals surface area contributed by atoms with E-state index in [-0.39, 0.29) is 12.9 Å². The number of ether oxygens (including phenoxy) is 2. The maximum absolute atomic E-state index is 8.51. The molecule has 0 spiro atoms. The van der Waals surface area contributed by atoms with E-state index in [1.165, 1.54) is 0 Å². The highest BCUT2D eigenvalue weighted by Crippen LogP contribution is 1.99. The topological polar surface area (TPSA) is 50.7 Å². The molecule has 0 aliphatic carbocycles. The first-order valence-electron chi connectivity index (χ1n) is 4.89. The van der Waals surface area contributed by atoms with Crippen molar-refractivity contribution in [2.45, 2.75) is 26.6 Å². The molecule has 0 saturated carbocycles. The van der Waals surface area contributed by atoms with E-state index in [1.807, 2.05) is 13.8 Å². The largest absolute Gasteiger partial charge is 0.395 e. The van der Waals surface area contributed by atoms with Gasteiger partial charge < -0.3 is 19.9 Å². The van der Waals surface area contributed by atoms with Crippen molar-refractivity contribution in [3.8, 4) is 0 Å². The fraction of sp³-hybridized carbons (Fsp3) is 1.00. The summed E-state index contributed by atoms with van der Waals surface area (Å²) in [6.07, 6.45) is 0.711. The lowest BCUT2D eigenvalue weighted by Crippen LogP contribution is -2.26. The van der Waals surface area contributed by atoms with Crippen LogP contribution in [-0.2, 0) is 9.47 Å². The maximum atomic E-state index is 8.51. The molecule has 0 rings (SSSR count). The van der Waals surface area contributed by atoms with Crippen LogP contribution in [0.15, 0.2) is 0 Å². The van der Waals surface area contributed by atoms with E-state index < -0.39 is 0 Å². The fourth-order valence-electron chi connectivity index (χ4n) is 1.01. The molecule has 0 saturated heterocycles. The summed E-state index contributed by atoms with van der Waals surface area (Å²) in [6, 6.07) is 0. The monoisotopic (exact) mass is 191 g/mol. The summed E-state index contributed by atoms with van der Waals surface area (Å²) in [5, 5.41) is 11.6. The Labute approximate surface area is 80.2 Å². The lowest BCUT2D eigenvalue weighted by Gasteiger charge is -2.16. The van der Waals surface area contributed by atoms with Crippen LogP contribution in [0.1, 0.15) is 20.3 Å². The van der Waals surface area contributed by atoms with Gasteiger partial charge in [-0.05, 0) is 13.8 Å². The molecule has 0 aromatic rings. The van der Waals surface area contributed by atoms with E-state index >= 15 is 0 Å². The zero-order valence-electron chi connectivity index (χ0n) is 8.58. The molecule has 0 fully saturated rings. The van der Waals surface area contributed by atoms with Gasteiger partial charge in [-0.3, -0.25) is 0 Å². The van der Waals surface area contributed by atoms with Crippen LogP contribution in [-0.4, -0.2) is 44.3 Å². The Bertz CT molecular complexity index is 94.9. The molecule has 0 aromatic carbocycles. The van der Waals surface area contributed by atoms with Gasteiger partial charge in [-0.15, -0.1) is 0 Å². The summed E-state index contributed by atoms with van der Waals surface area (Å²) >= 11 is 0. The molecule has 0 atom stereocenters. The van der Waals surface area contributed by atoms with Gasteiger partial charge in [-0.25, -0.2) is 0 Å². The van der Waals surface area contributed by atoms with Crippen LogP contribution < -0.4 is 5.32 Å². The SMILES string of the molecule is CCOC(CCNCCO)OCC. The summed E-state index contributed by atoms with van der Waals surface area (Å²) < 4.78 is 10.7. The minimum atomic E-state index is -0.110. The van der Waals surface area contributed by atoms with E-state index in [9.17, 15) is 0 Å². The first kappa shape index (κ1) is 12.8. The van der Waals surface area contributed by atoms with E-state index in [0.717, 1.165) is 13.0 Å². The van der Waals surface area contributed by atoms with Gasteiger partial charge in [0.2, 0.25) is 0 Å². The molecule has 0 unspecified atom stereocenters. The van der Waals surface area contributed by atoms with Crippen LogP contribution in [0.4, 0.5) is 0 Å². The Morgan fingerprint density at radius 1 is 1.15 bits per heavy atom. The third-order valence-corrected chi connectivity index (χ3v) is 1.55. The van der Waals surface area contributed by atoms with Crippen LogP contribution in [0.3, 0.4) is 0 Å². The minimum absolute atomic E-state index is 0.110. The summed E-state index contributed by atoms with van der Waals surface area (Å²) in [5.74, 6) is 0. The van der Waals surface area contributed by atoms with Gasteiger partial charge in [0.15, 0.2) is 6.29 Å². The Balaban J connectivity index is 3.33. The molecule has 0 aliphatic heterocycles. The second-order valence-electron chi connectivity index (χ2n) is 2.60. The average molecular weight is 191 g/mol. The van der Waals surface area contributed by atoms with Crippen molar-refractivity contribution in [3.63, 3.8) is 0 Å². The van der Waals surface area contributed by atoms with Crippen LogP contribution in [0.25, 0.3) is 0 Å². The van der Waals surface area contributed by atoms with Crippen LogP contribution in [0.5, 0.6) is 0 Å². The zero-order valence-corrected chi connectivity index (χ0v) is 8.58. The number of hydrogen-bond acceptors (Lipinski definition) is 4. The van der Waals surface area contributed by atoms with Crippen molar-refractivity contribution < 1.29 is 14.6 Å². The van der Waals surface area contributed by atoms with Crippen molar-refractivity contribution in [3.05, 3.63) is 0 Å². The molecule has 0 bridgehead atoms. The molecule has 0 heterocycles. The van der Waals surface area contributed by atoms with E-state index in [4.69, 9.17) is 14.6 Å².